The van der Waals surface area contributed by atoms with Crippen LogP contribution in [0.4, 0.5) is 0 Å². The number of nitrogens with two attached hydrogens (primary N) is 3. The van der Waals surface area contributed by atoms with Crippen molar-refractivity contribution in [2.75, 3.05) is 0 Å². The van der Waals surface area contributed by atoms with E-state index < -0.39 is 0 Å². The smallest absolute Gasteiger partial charge is 0.218 e. The van der Waals surface area contributed by atoms with Crippen molar-refractivity contribution in [3.63, 3.8) is 0 Å². The summed E-state index contributed by atoms with van der Waals surface area (Å²) in [7, 11) is 0. The largest absolute Gasteiger partial charge is 0.444 e. The van der Waals surface area contributed by atoms with Crippen molar-refractivity contribution in [3.05, 3.63) is 10.1 Å². The van der Waals surface area contributed by atoms with Crippen LogP contribution in [0.2, 0.25) is 0 Å². The van der Waals surface area contributed by atoms with E-state index in [-0.39, 0.29) is 22.7 Å². The van der Waals surface area contributed by atoms with E-state index in [1.807, 2.05) is 0 Å². The van der Waals surface area contributed by atoms with Crippen molar-refractivity contribution in [1.82, 2.24) is 5.12 Å². The second kappa shape index (κ2) is 11.0. The Morgan fingerprint density at radius 3 is 1.70 bits per heavy atom. The van der Waals surface area contributed by atoms with Gasteiger partial charge in [0.2, 0.25) is 5.96 Å². The first-order valence-corrected chi connectivity index (χ1v) is 1.64. The predicted molar refractivity (Wildman–Crippen MR) is 31.3 cm³/mol. The third-order valence-corrected chi connectivity index (χ3v) is 0.278. The van der Waals surface area contributed by atoms with Crippen LogP contribution >= 0.6 is 0 Å². The molecule has 0 atom stereocenters. The molecule has 0 aromatic rings. The molecule has 0 spiro atoms. The number of nitrogens with zero attached hydrogens (tertiary/aromatic N) is 2. The summed E-state index contributed by atoms with van der Waals surface area (Å²) in [4.78, 5) is 8.00. The standard InChI is InChI=1S/CH7N5.Co.HNO2/c2-1(3)6(4)5;;2-1-3/h4-5H2,(H3,2,3);;(H,2,3)/p-1. The summed E-state index contributed by atoms with van der Waals surface area (Å²) in [5.41, 5.74) is 4.69. The molecule has 10 heavy (non-hydrogen) atoms. The summed E-state index contributed by atoms with van der Waals surface area (Å²) < 4.78 is 0. The van der Waals surface area contributed by atoms with Crippen LogP contribution in [0.25, 0.3) is 0 Å². The summed E-state index contributed by atoms with van der Waals surface area (Å²) in [5.74, 6) is 9.04. The molecule has 0 rings (SSSR count). The minimum absolute atomic E-state index is 0. The molecule has 0 heterocycles. The SMILES string of the molecule is N=C(N)N(N)N.O=N[O-].[Co]. The first-order chi connectivity index (χ1) is 4.06. The normalized spacial score (nSPS) is 5.80. The topological polar surface area (TPSA) is 158 Å². The average Bonchev–Trinajstić information content (AvgIpc) is 1.68. The molecule has 0 amide bonds. The van der Waals surface area contributed by atoms with Crippen LogP contribution in [-0.2, 0) is 16.8 Å². The Morgan fingerprint density at radius 1 is 1.60 bits per heavy atom. The Kier molecular flexibility index (Phi) is 17.6. The Balaban J connectivity index is -0.000000107. The average molecular weight is 194 g/mol. The second-order valence-corrected chi connectivity index (χ2v) is 0.867. The Hall–Kier alpha value is -0.904. The number of guanidine groups is 1. The van der Waals surface area contributed by atoms with Crippen molar-refractivity contribution in [3.8, 4) is 0 Å². The Labute approximate surface area is 66.9 Å². The van der Waals surface area contributed by atoms with Gasteiger partial charge in [-0.05, 0) is 0 Å². The fourth-order valence-corrected chi connectivity index (χ4v) is 0. The van der Waals surface area contributed by atoms with E-state index in [9.17, 15) is 0 Å². The number of rotatable bonds is 0. The van der Waals surface area contributed by atoms with Gasteiger partial charge in [-0.2, -0.15) is 0 Å². The van der Waals surface area contributed by atoms with E-state index >= 15 is 0 Å². The van der Waals surface area contributed by atoms with Gasteiger partial charge in [-0.3, -0.25) is 5.41 Å². The minimum Gasteiger partial charge on any atom is -0.444 e. The first kappa shape index (κ1) is 16.0. The van der Waals surface area contributed by atoms with Crippen LogP contribution in [0.1, 0.15) is 0 Å². The fourth-order valence-electron chi connectivity index (χ4n) is 0. The summed E-state index contributed by atoms with van der Waals surface area (Å²) in [6.07, 6.45) is 0. The second-order valence-electron chi connectivity index (χ2n) is 0.867. The van der Waals surface area contributed by atoms with E-state index in [2.05, 4.69) is 0 Å². The summed E-state index contributed by atoms with van der Waals surface area (Å²) in [6.45, 7) is 0. The first-order valence-electron chi connectivity index (χ1n) is 1.64. The third kappa shape index (κ3) is 27.5. The van der Waals surface area contributed by atoms with Gasteiger partial charge in [-0.1, -0.05) is 0 Å². The predicted octanol–water partition coefficient (Wildman–Crippen LogP) is -1.82. The molecule has 0 aromatic heterocycles. The van der Waals surface area contributed by atoms with Gasteiger partial charge < -0.3 is 15.8 Å². The monoisotopic (exact) mass is 194 g/mol. The van der Waals surface area contributed by atoms with Gasteiger partial charge >= 0.3 is 0 Å². The van der Waals surface area contributed by atoms with E-state index in [1.54, 1.807) is 0 Å². The van der Waals surface area contributed by atoms with Crippen molar-refractivity contribution in [2.45, 2.75) is 0 Å². The van der Waals surface area contributed by atoms with Gasteiger partial charge in [0.05, 0.1) is 0 Å². The zero-order valence-electron chi connectivity index (χ0n) is 4.78. The van der Waals surface area contributed by atoms with Gasteiger partial charge in [0.25, 0.3) is 0 Å². The van der Waals surface area contributed by atoms with Gasteiger partial charge in [-0.15, -0.1) is 5.34 Å². The summed E-state index contributed by atoms with van der Waals surface area (Å²) in [6, 6.07) is 0. The molecule has 0 aliphatic heterocycles. The van der Waals surface area contributed by atoms with Crippen LogP contribution in [0.5, 0.6) is 0 Å². The van der Waals surface area contributed by atoms with Crippen LogP contribution in [0, 0.1) is 15.5 Å². The fraction of sp³-hybridized carbons (Fsp3) is 0. The Bertz CT molecular complexity index is 93.7. The van der Waals surface area contributed by atoms with Crippen molar-refractivity contribution >= 4 is 5.96 Å². The number of hydrogen-bond acceptors (Lipinski definition) is 6. The van der Waals surface area contributed by atoms with Gasteiger partial charge in [-0.25, -0.2) is 16.8 Å². The molecule has 0 aromatic carbocycles. The summed E-state index contributed by atoms with van der Waals surface area (Å²) in [5, 5.41) is 15.9. The van der Waals surface area contributed by atoms with Gasteiger partial charge in [0.1, 0.15) is 0 Å². The van der Waals surface area contributed by atoms with Crippen molar-refractivity contribution in [2.24, 2.45) is 22.8 Å². The summed E-state index contributed by atoms with van der Waals surface area (Å²) >= 11 is 0. The number of nitrogens with one attached hydrogen (secondary N) is 1. The molecular formula is CH7CoN6O2-. The van der Waals surface area contributed by atoms with Gasteiger partial charge in [0, 0.05) is 16.8 Å². The van der Waals surface area contributed by atoms with Crippen molar-refractivity contribution < 1.29 is 16.8 Å². The zero-order chi connectivity index (χ0) is 7.86. The maximum atomic E-state index is 8.00. The molecule has 8 nitrogen and oxygen atoms in total. The maximum absolute atomic E-state index is 8.00. The molecule has 63 valence electrons. The van der Waals surface area contributed by atoms with E-state index in [0.717, 1.165) is 5.34 Å². The molecule has 0 fully saturated rings. The molecule has 0 unspecified atom stereocenters. The molecule has 9 heteroatoms. The van der Waals surface area contributed by atoms with Gasteiger partial charge in [0.15, 0.2) is 0 Å². The zero-order valence-corrected chi connectivity index (χ0v) is 5.82. The van der Waals surface area contributed by atoms with E-state index in [0.29, 0.717) is 5.12 Å². The molecule has 0 aliphatic rings. The van der Waals surface area contributed by atoms with E-state index in [4.69, 9.17) is 32.9 Å². The van der Waals surface area contributed by atoms with Crippen LogP contribution < -0.4 is 17.4 Å². The molecule has 0 aliphatic carbocycles. The van der Waals surface area contributed by atoms with Crippen LogP contribution in [-0.4, -0.2) is 11.1 Å². The third-order valence-electron chi connectivity index (χ3n) is 0.278. The molecule has 0 bridgehead atoms. The molecule has 1 radical (unpaired) electrons. The molecule has 7 N–H and O–H groups in total. The Morgan fingerprint density at radius 2 is 1.70 bits per heavy atom. The van der Waals surface area contributed by atoms with Crippen LogP contribution in [0.3, 0.4) is 0 Å². The van der Waals surface area contributed by atoms with Crippen LogP contribution in [0.15, 0.2) is 5.34 Å². The van der Waals surface area contributed by atoms with Crippen molar-refractivity contribution in [1.29, 1.82) is 5.41 Å². The maximum Gasteiger partial charge on any atom is 0.218 e. The molecule has 0 saturated heterocycles. The number of hydrogen-bond donors (Lipinski definition) is 4. The quantitative estimate of drug-likeness (QED) is 0.117. The molecule has 0 saturated carbocycles. The molecular weight excluding hydrogens is 187 g/mol. The number of hydrazine groups is 2. The minimum atomic E-state index is -0.352. The van der Waals surface area contributed by atoms with E-state index in [1.165, 1.54) is 0 Å².